The highest BCUT2D eigenvalue weighted by Crippen LogP contribution is 2.38. The van der Waals surface area contributed by atoms with Crippen molar-refractivity contribution < 1.29 is 9.50 Å². The first-order chi connectivity index (χ1) is 15.2. The summed E-state index contributed by atoms with van der Waals surface area (Å²) in [6.07, 6.45) is 5.30. The second-order valence-corrected chi connectivity index (χ2v) is 7.71. The van der Waals surface area contributed by atoms with Crippen molar-refractivity contribution in [2.75, 3.05) is 18.0 Å². The van der Waals surface area contributed by atoms with E-state index in [2.05, 4.69) is 38.3 Å². The Balaban J connectivity index is 0.00000245. The largest absolute Gasteiger partial charge is 0.508 e. The van der Waals surface area contributed by atoms with Crippen molar-refractivity contribution in [1.29, 1.82) is 5.26 Å². The highest BCUT2D eigenvalue weighted by molar-refractivity contribution is 5.99. The molecule has 4 aromatic rings. The molecule has 2 N–H and O–H groups in total. The average Bonchev–Trinajstić information content (AvgIpc) is 3.27. The van der Waals surface area contributed by atoms with Crippen LogP contribution in [0.15, 0.2) is 48.7 Å². The van der Waals surface area contributed by atoms with Gasteiger partial charge in [-0.3, -0.25) is 5.10 Å². The number of nitrogens with one attached hydrogen (secondary N) is 1. The van der Waals surface area contributed by atoms with Gasteiger partial charge in [0.2, 0.25) is 0 Å². The molecular formula is C24H21ClFN5O. The van der Waals surface area contributed by atoms with Gasteiger partial charge in [0.05, 0.1) is 17.5 Å². The first-order valence-electron chi connectivity index (χ1n) is 10.3. The molecule has 32 heavy (non-hydrogen) atoms. The second kappa shape index (κ2) is 8.85. The van der Waals surface area contributed by atoms with Crippen LogP contribution in [0.5, 0.6) is 5.75 Å². The lowest BCUT2D eigenvalue weighted by molar-refractivity contribution is 0.469. The Kier molecular flexibility index (Phi) is 5.97. The van der Waals surface area contributed by atoms with E-state index in [1.54, 1.807) is 6.20 Å². The van der Waals surface area contributed by atoms with Crippen LogP contribution in [0.2, 0.25) is 0 Å². The highest BCUT2D eigenvalue weighted by atomic mass is 35.5. The fourth-order valence-electron chi connectivity index (χ4n) is 4.26. The van der Waals surface area contributed by atoms with Gasteiger partial charge in [-0.05, 0) is 49.1 Å². The number of aromatic hydroxyl groups is 1. The van der Waals surface area contributed by atoms with Crippen molar-refractivity contribution in [1.82, 2.24) is 15.2 Å². The van der Waals surface area contributed by atoms with E-state index in [1.807, 2.05) is 12.1 Å². The van der Waals surface area contributed by atoms with Gasteiger partial charge in [-0.1, -0.05) is 12.1 Å². The predicted octanol–water partition coefficient (Wildman–Crippen LogP) is 5.42. The predicted molar refractivity (Wildman–Crippen MR) is 124 cm³/mol. The van der Waals surface area contributed by atoms with E-state index in [1.165, 1.54) is 31.4 Å². The SMILES string of the molecule is Cl.N#Cc1c(-c2ccc(O)cc2F)nc2[nH]ncc2c1-c1ccc(N2CCCCC2)cc1. The molecule has 5 rings (SSSR count). The third-order valence-electron chi connectivity index (χ3n) is 5.80. The number of halogens is 2. The molecule has 2 aromatic heterocycles. The number of nitrogens with zero attached hydrogens (tertiary/aromatic N) is 4. The van der Waals surface area contributed by atoms with Crippen LogP contribution in [0.1, 0.15) is 24.8 Å². The molecular weight excluding hydrogens is 429 g/mol. The van der Waals surface area contributed by atoms with Crippen molar-refractivity contribution in [3.8, 4) is 34.2 Å². The van der Waals surface area contributed by atoms with Gasteiger partial charge in [0.1, 0.15) is 17.6 Å². The number of pyridine rings is 1. The number of fused-ring (bicyclic) bond motifs is 1. The molecule has 1 saturated heterocycles. The molecule has 1 aliphatic heterocycles. The summed E-state index contributed by atoms with van der Waals surface area (Å²) < 4.78 is 14.6. The number of piperidine rings is 1. The first-order valence-corrected chi connectivity index (χ1v) is 10.3. The molecule has 0 aliphatic carbocycles. The Morgan fingerprint density at radius 3 is 2.50 bits per heavy atom. The molecule has 0 atom stereocenters. The van der Waals surface area contributed by atoms with E-state index in [0.29, 0.717) is 16.6 Å². The molecule has 1 fully saturated rings. The number of hydrogen-bond acceptors (Lipinski definition) is 5. The number of aromatic nitrogens is 3. The average molecular weight is 450 g/mol. The Morgan fingerprint density at radius 1 is 1.06 bits per heavy atom. The maximum Gasteiger partial charge on any atom is 0.156 e. The van der Waals surface area contributed by atoms with Gasteiger partial charge in [0.25, 0.3) is 0 Å². The molecule has 0 amide bonds. The van der Waals surface area contributed by atoms with Crippen molar-refractivity contribution in [3.05, 3.63) is 60.0 Å². The lowest BCUT2D eigenvalue weighted by Gasteiger charge is -2.29. The van der Waals surface area contributed by atoms with E-state index < -0.39 is 5.82 Å². The lowest BCUT2D eigenvalue weighted by Crippen LogP contribution is -2.29. The smallest absolute Gasteiger partial charge is 0.156 e. The molecule has 1 aliphatic rings. The Hall–Kier alpha value is -3.63. The van der Waals surface area contributed by atoms with Gasteiger partial charge in [-0.15, -0.1) is 12.4 Å². The summed E-state index contributed by atoms with van der Waals surface area (Å²) in [5, 5.41) is 27.2. The standard InChI is InChI=1S/C24H20FN5O.ClH/c25-21-12-17(31)8-9-18(21)23-19(13-26)22(20-14-27-29-24(20)28-23)15-4-6-16(7-5-15)30-10-2-1-3-11-30;/h4-9,12,14,31H,1-3,10-11H2,(H,27,28,29);1H. The van der Waals surface area contributed by atoms with Crippen molar-refractivity contribution in [2.24, 2.45) is 0 Å². The minimum Gasteiger partial charge on any atom is -0.508 e. The fraction of sp³-hybridized carbons (Fsp3) is 0.208. The Bertz CT molecular complexity index is 1310. The molecule has 0 bridgehead atoms. The van der Waals surface area contributed by atoms with Crippen LogP contribution in [0.4, 0.5) is 10.1 Å². The zero-order valence-electron chi connectivity index (χ0n) is 17.2. The summed E-state index contributed by atoms with van der Waals surface area (Å²) in [6, 6.07) is 14.2. The molecule has 0 unspecified atom stereocenters. The summed E-state index contributed by atoms with van der Waals surface area (Å²) in [7, 11) is 0. The maximum absolute atomic E-state index is 14.6. The Labute approximate surface area is 190 Å². The van der Waals surface area contributed by atoms with E-state index in [9.17, 15) is 14.8 Å². The number of anilines is 1. The van der Waals surface area contributed by atoms with Gasteiger partial charge in [-0.25, -0.2) is 9.37 Å². The normalized spacial score (nSPS) is 13.6. The van der Waals surface area contributed by atoms with Crippen LogP contribution >= 0.6 is 12.4 Å². The number of benzene rings is 2. The van der Waals surface area contributed by atoms with Crippen molar-refractivity contribution in [2.45, 2.75) is 19.3 Å². The van der Waals surface area contributed by atoms with E-state index >= 15 is 0 Å². The van der Waals surface area contributed by atoms with Crippen molar-refractivity contribution in [3.63, 3.8) is 0 Å². The molecule has 0 saturated carbocycles. The van der Waals surface area contributed by atoms with Gasteiger partial charge in [0, 0.05) is 41.4 Å². The van der Waals surface area contributed by atoms with Crippen LogP contribution < -0.4 is 4.90 Å². The summed E-state index contributed by atoms with van der Waals surface area (Å²) in [4.78, 5) is 6.84. The van der Waals surface area contributed by atoms with Gasteiger partial charge >= 0.3 is 0 Å². The monoisotopic (exact) mass is 449 g/mol. The number of hydrogen-bond donors (Lipinski definition) is 2. The summed E-state index contributed by atoms with van der Waals surface area (Å²) >= 11 is 0. The number of H-pyrrole nitrogens is 1. The molecule has 8 heteroatoms. The minimum absolute atomic E-state index is 0. The third-order valence-corrected chi connectivity index (χ3v) is 5.80. The van der Waals surface area contributed by atoms with Crippen LogP contribution in [0.3, 0.4) is 0 Å². The van der Waals surface area contributed by atoms with E-state index in [0.717, 1.165) is 30.4 Å². The minimum atomic E-state index is -0.644. The zero-order valence-corrected chi connectivity index (χ0v) is 18.0. The zero-order chi connectivity index (χ0) is 21.4. The molecule has 0 radical (unpaired) electrons. The highest BCUT2D eigenvalue weighted by Gasteiger charge is 2.21. The summed E-state index contributed by atoms with van der Waals surface area (Å²) in [5.41, 5.74) is 3.76. The number of phenolic OH excluding ortho intramolecular Hbond substituents is 1. The van der Waals surface area contributed by atoms with Gasteiger partial charge < -0.3 is 10.0 Å². The molecule has 0 spiro atoms. The molecule has 2 aromatic carbocycles. The van der Waals surface area contributed by atoms with Gasteiger partial charge in [-0.2, -0.15) is 10.4 Å². The maximum atomic E-state index is 14.6. The quantitative estimate of drug-likeness (QED) is 0.436. The lowest BCUT2D eigenvalue weighted by atomic mass is 9.94. The van der Waals surface area contributed by atoms with Crippen LogP contribution in [-0.2, 0) is 0 Å². The summed E-state index contributed by atoms with van der Waals surface area (Å²) in [5.74, 6) is -0.829. The van der Waals surface area contributed by atoms with Crippen LogP contribution in [0, 0.1) is 17.1 Å². The topological polar surface area (TPSA) is 88.8 Å². The number of aromatic amines is 1. The van der Waals surface area contributed by atoms with E-state index in [-0.39, 0.29) is 35.0 Å². The number of rotatable bonds is 3. The van der Waals surface area contributed by atoms with Crippen LogP contribution in [-0.4, -0.2) is 33.4 Å². The first kappa shape index (κ1) is 21.6. The molecule has 3 heterocycles. The molecule has 162 valence electrons. The Morgan fingerprint density at radius 2 is 1.81 bits per heavy atom. The molecule has 6 nitrogen and oxygen atoms in total. The van der Waals surface area contributed by atoms with Gasteiger partial charge in [0.15, 0.2) is 5.65 Å². The third kappa shape index (κ3) is 3.74. The fourth-order valence-corrected chi connectivity index (χ4v) is 4.26. The van der Waals surface area contributed by atoms with Crippen molar-refractivity contribution >= 4 is 29.1 Å². The number of phenols is 1. The summed E-state index contributed by atoms with van der Waals surface area (Å²) in [6.45, 7) is 2.10. The number of nitriles is 1. The van der Waals surface area contributed by atoms with E-state index in [4.69, 9.17) is 0 Å². The second-order valence-electron chi connectivity index (χ2n) is 7.71. The van der Waals surface area contributed by atoms with Crippen LogP contribution in [0.25, 0.3) is 33.4 Å².